The molecule has 1 N–H and O–H groups in total. The number of hydrogen-bond donors (Lipinski definition) is 1. The summed E-state index contributed by atoms with van der Waals surface area (Å²) in [5.74, 6) is 1.56. The lowest BCUT2D eigenvalue weighted by Gasteiger charge is -2.27. The van der Waals surface area contributed by atoms with E-state index in [0.29, 0.717) is 18.8 Å². The van der Waals surface area contributed by atoms with Crippen LogP contribution >= 0.6 is 11.3 Å². The topological polar surface area (TPSA) is 67.4 Å². The van der Waals surface area contributed by atoms with Gasteiger partial charge in [-0.1, -0.05) is 0 Å². The molecule has 1 aliphatic rings. The van der Waals surface area contributed by atoms with Crippen molar-refractivity contribution in [3.8, 4) is 0 Å². The number of aromatic nitrogens is 2. The third-order valence-corrected chi connectivity index (χ3v) is 5.10. The van der Waals surface area contributed by atoms with Gasteiger partial charge in [-0.25, -0.2) is 9.97 Å². The molecule has 0 bridgehead atoms. The van der Waals surface area contributed by atoms with Gasteiger partial charge in [-0.15, -0.1) is 11.3 Å². The summed E-state index contributed by atoms with van der Waals surface area (Å²) in [6.07, 6.45) is 3.02. The highest BCUT2D eigenvalue weighted by Crippen LogP contribution is 2.17. The van der Waals surface area contributed by atoms with E-state index in [1.807, 2.05) is 6.07 Å². The molecule has 2 aromatic heterocycles. The van der Waals surface area contributed by atoms with E-state index >= 15 is 0 Å². The predicted octanol–water partition coefficient (Wildman–Crippen LogP) is 1.93. The second-order valence-corrected chi connectivity index (χ2v) is 6.73. The van der Waals surface area contributed by atoms with Crippen molar-refractivity contribution in [3.05, 3.63) is 40.0 Å². The Balaban J connectivity index is 1.49. The minimum Gasteiger partial charge on any atom is -0.378 e. The number of anilines is 1. The number of thiophene rings is 1. The molecular formula is C17H22N4O2S. The zero-order chi connectivity index (χ0) is 16.8. The van der Waals surface area contributed by atoms with Crippen molar-refractivity contribution < 1.29 is 9.53 Å². The predicted molar refractivity (Wildman–Crippen MR) is 94.3 cm³/mol. The molecule has 1 fully saturated rings. The molecule has 0 aromatic carbocycles. The summed E-state index contributed by atoms with van der Waals surface area (Å²) < 4.78 is 5.36. The van der Waals surface area contributed by atoms with Crippen molar-refractivity contribution in [2.24, 2.45) is 0 Å². The van der Waals surface area contributed by atoms with Crippen molar-refractivity contribution in [1.29, 1.82) is 0 Å². The summed E-state index contributed by atoms with van der Waals surface area (Å²) in [5.41, 5.74) is 1.26. The smallest absolute Gasteiger partial charge is 0.220 e. The van der Waals surface area contributed by atoms with Crippen LogP contribution in [0.1, 0.15) is 22.7 Å². The van der Waals surface area contributed by atoms with Crippen LogP contribution in [0.2, 0.25) is 0 Å². The Hall–Kier alpha value is -1.99. The molecule has 3 rings (SSSR count). The molecule has 6 nitrogen and oxygen atoms in total. The number of nitrogens with one attached hydrogen (secondary N) is 1. The molecule has 0 saturated carbocycles. The second kappa shape index (κ2) is 8.21. The van der Waals surface area contributed by atoms with Gasteiger partial charge in [0.25, 0.3) is 0 Å². The largest absolute Gasteiger partial charge is 0.378 e. The van der Waals surface area contributed by atoms with Gasteiger partial charge in [-0.2, -0.15) is 0 Å². The van der Waals surface area contributed by atoms with Crippen LogP contribution in [0.15, 0.2) is 23.7 Å². The molecule has 1 amide bonds. The van der Waals surface area contributed by atoms with E-state index in [4.69, 9.17) is 4.74 Å². The van der Waals surface area contributed by atoms with Crippen LogP contribution in [0, 0.1) is 6.92 Å². The number of nitrogens with zero attached hydrogens (tertiary/aromatic N) is 3. The molecule has 0 aliphatic carbocycles. The van der Waals surface area contributed by atoms with E-state index in [2.05, 4.69) is 38.6 Å². The molecule has 2 aromatic rings. The van der Waals surface area contributed by atoms with Crippen molar-refractivity contribution in [2.45, 2.75) is 26.3 Å². The molecule has 24 heavy (non-hydrogen) atoms. The van der Waals surface area contributed by atoms with Gasteiger partial charge in [0.1, 0.15) is 11.6 Å². The van der Waals surface area contributed by atoms with Gasteiger partial charge in [-0.3, -0.25) is 4.79 Å². The average Bonchev–Trinajstić information content (AvgIpc) is 3.04. The van der Waals surface area contributed by atoms with Crippen LogP contribution in [0.4, 0.5) is 5.82 Å². The normalized spacial score (nSPS) is 14.6. The van der Waals surface area contributed by atoms with E-state index in [9.17, 15) is 4.79 Å². The highest BCUT2D eigenvalue weighted by molar-refractivity contribution is 7.10. The third-order valence-electron chi connectivity index (χ3n) is 4.02. The Morgan fingerprint density at radius 3 is 2.96 bits per heavy atom. The van der Waals surface area contributed by atoms with E-state index < -0.39 is 0 Å². The van der Waals surface area contributed by atoms with Gasteiger partial charge in [0.15, 0.2) is 0 Å². The van der Waals surface area contributed by atoms with Gasteiger partial charge in [0.05, 0.1) is 19.8 Å². The number of rotatable bonds is 6. The number of hydrogen-bond acceptors (Lipinski definition) is 6. The monoisotopic (exact) mass is 346 g/mol. The van der Waals surface area contributed by atoms with E-state index in [-0.39, 0.29) is 5.91 Å². The first-order valence-electron chi connectivity index (χ1n) is 8.16. The highest BCUT2D eigenvalue weighted by atomic mass is 32.1. The van der Waals surface area contributed by atoms with E-state index in [1.165, 1.54) is 10.4 Å². The van der Waals surface area contributed by atoms with Crippen molar-refractivity contribution in [1.82, 2.24) is 15.3 Å². The summed E-state index contributed by atoms with van der Waals surface area (Å²) >= 11 is 1.70. The third kappa shape index (κ3) is 4.52. The van der Waals surface area contributed by atoms with Crippen molar-refractivity contribution >= 4 is 23.1 Å². The Morgan fingerprint density at radius 2 is 2.21 bits per heavy atom. The Labute approximate surface area is 145 Å². The maximum atomic E-state index is 12.0. The van der Waals surface area contributed by atoms with Crippen LogP contribution in [0.5, 0.6) is 0 Å². The summed E-state index contributed by atoms with van der Waals surface area (Å²) in [6, 6.07) is 3.99. The summed E-state index contributed by atoms with van der Waals surface area (Å²) in [4.78, 5) is 24.3. The molecule has 128 valence electrons. The molecule has 1 aliphatic heterocycles. The van der Waals surface area contributed by atoms with E-state index in [1.54, 1.807) is 17.5 Å². The fourth-order valence-corrected chi connectivity index (χ4v) is 3.51. The number of ether oxygens (including phenoxy) is 1. The van der Waals surface area contributed by atoms with Gasteiger partial charge in [-0.05, 0) is 36.4 Å². The molecule has 1 saturated heterocycles. The van der Waals surface area contributed by atoms with Crippen molar-refractivity contribution in [2.75, 3.05) is 31.2 Å². The molecule has 0 atom stereocenters. The fraction of sp³-hybridized carbons (Fsp3) is 0.471. The van der Waals surface area contributed by atoms with Gasteiger partial charge in [0.2, 0.25) is 5.91 Å². The van der Waals surface area contributed by atoms with Crippen LogP contribution in [-0.2, 0) is 22.5 Å². The molecule has 0 radical (unpaired) electrons. The highest BCUT2D eigenvalue weighted by Gasteiger charge is 2.13. The Morgan fingerprint density at radius 1 is 1.38 bits per heavy atom. The SMILES string of the molecule is Cc1ccsc1CCC(=O)NCc1nccc(N2CCOCC2)n1. The first-order chi connectivity index (χ1) is 11.7. The zero-order valence-corrected chi connectivity index (χ0v) is 14.6. The van der Waals surface area contributed by atoms with Crippen molar-refractivity contribution in [3.63, 3.8) is 0 Å². The lowest BCUT2D eigenvalue weighted by atomic mass is 10.2. The lowest BCUT2D eigenvalue weighted by Crippen LogP contribution is -2.37. The second-order valence-electron chi connectivity index (χ2n) is 5.73. The first-order valence-corrected chi connectivity index (χ1v) is 9.04. The summed E-state index contributed by atoms with van der Waals surface area (Å²) in [5, 5.41) is 4.97. The number of amides is 1. The minimum absolute atomic E-state index is 0.0307. The molecule has 0 unspecified atom stereocenters. The summed E-state index contributed by atoms with van der Waals surface area (Å²) in [7, 11) is 0. The number of aryl methyl sites for hydroxylation is 2. The molecular weight excluding hydrogens is 324 g/mol. The Kier molecular flexibility index (Phi) is 5.77. The number of morpholine rings is 1. The minimum atomic E-state index is 0.0307. The van der Waals surface area contributed by atoms with Crippen LogP contribution in [0.3, 0.4) is 0 Å². The number of carbonyl (C=O) groups is 1. The maximum Gasteiger partial charge on any atom is 0.220 e. The lowest BCUT2D eigenvalue weighted by molar-refractivity contribution is -0.121. The molecule has 7 heteroatoms. The Bertz CT molecular complexity index is 683. The quantitative estimate of drug-likeness (QED) is 0.866. The molecule has 3 heterocycles. The van der Waals surface area contributed by atoms with Gasteiger partial charge >= 0.3 is 0 Å². The fourth-order valence-electron chi connectivity index (χ4n) is 2.60. The van der Waals surface area contributed by atoms with Crippen LogP contribution in [0.25, 0.3) is 0 Å². The summed E-state index contributed by atoms with van der Waals surface area (Å²) in [6.45, 7) is 5.55. The number of carbonyl (C=O) groups excluding carboxylic acids is 1. The van der Waals surface area contributed by atoms with Crippen LogP contribution in [-0.4, -0.2) is 42.2 Å². The molecule has 0 spiro atoms. The maximum absolute atomic E-state index is 12.0. The van der Waals surface area contributed by atoms with E-state index in [0.717, 1.165) is 38.5 Å². The standard InChI is InChI=1S/C17H22N4O2S/c1-13-5-11-24-14(13)2-3-17(22)19-12-15-18-6-4-16(20-15)21-7-9-23-10-8-21/h4-6,11H,2-3,7-10,12H2,1H3,(H,19,22). The first kappa shape index (κ1) is 16.9. The zero-order valence-electron chi connectivity index (χ0n) is 13.8. The van der Waals surface area contributed by atoms with Gasteiger partial charge in [0, 0.05) is 30.6 Å². The average molecular weight is 346 g/mol. The van der Waals surface area contributed by atoms with Gasteiger partial charge < -0.3 is 15.0 Å². The van der Waals surface area contributed by atoms with Crippen LogP contribution < -0.4 is 10.2 Å².